The van der Waals surface area contributed by atoms with E-state index >= 15 is 0 Å². The Morgan fingerprint density at radius 3 is 2.77 bits per heavy atom. The van der Waals surface area contributed by atoms with Gasteiger partial charge in [-0.05, 0) is 28.6 Å². The molecule has 0 fully saturated rings. The van der Waals surface area contributed by atoms with Crippen molar-refractivity contribution < 1.29 is 33.3 Å². The molecule has 0 spiro atoms. The zero-order valence-corrected chi connectivity index (χ0v) is 15.4. The Hall–Kier alpha value is -2.05. The van der Waals surface area contributed by atoms with Crippen molar-refractivity contribution in [3.8, 4) is 0 Å². The minimum atomic E-state index is -4.94. The number of amidine groups is 1. The highest BCUT2D eigenvalue weighted by Gasteiger charge is 2.14. The molecule has 0 saturated heterocycles. The van der Waals surface area contributed by atoms with Crippen molar-refractivity contribution in [2.45, 2.75) is 0 Å². The van der Waals surface area contributed by atoms with Gasteiger partial charge in [0.15, 0.2) is 10.9 Å². The summed E-state index contributed by atoms with van der Waals surface area (Å²) in [5.74, 6) is 0. The SMILES string of the molecule is C1=CN2C=C/C(=C\C=C\c3cc[n+]4ccsc4n3)N=C2S1.[O-][Cl+3]([O-])([O-])[O-]. The number of thiazole rings is 1. The summed E-state index contributed by atoms with van der Waals surface area (Å²) in [5, 5.41) is 5.05. The summed E-state index contributed by atoms with van der Waals surface area (Å²) in [5.41, 5.74) is 1.89. The lowest BCUT2D eigenvalue weighted by Gasteiger charge is -2.17. The number of thioether (sulfide) groups is 1. The standard InChI is InChI=1S/C15H11N4S2.ClHO4/c1(2-12-4-6-18-8-10-20-14(18)16-12)3-13-5-7-19-9-11-21-15(19)17-13;2-1(3,4)5/h1-11H;(H,2,3,4,5)/q+1;/p-1. The van der Waals surface area contributed by atoms with Crippen molar-refractivity contribution in [2.24, 2.45) is 4.99 Å². The van der Waals surface area contributed by atoms with Crippen molar-refractivity contribution in [3.05, 3.63) is 71.3 Å². The zero-order chi connectivity index (χ0) is 18.6. The van der Waals surface area contributed by atoms with Crippen LogP contribution in [0.4, 0.5) is 0 Å². The van der Waals surface area contributed by atoms with Crippen LogP contribution in [0.1, 0.15) is 5.69 Å². The fourth-order valence-electron chi connectivity index (χ4n) is 2.00. The van der Waals surface area contributed by atoms with Gasteiger partial charge in [0, 0.05) is 23.8 Å². The third-order valence-electron chi connectivity index (χ3n) is 3.03. The Morgan fingerprint density at radius 1 is 1.15 bits per heavy atom. The Balaban J connectivity index is 0.000000349. The van der Waals surface area contributed by atoms with Gasteiger partial charge in [0.1, 0.15) is 12.4 Å². The number of hydrogen-bond acceptors (Lipinski definition) is 9. The van der Waals surface area contributed by atoms with E-state index in [9.17, 15) is 0 Å². The summed E-state index contributed by atoms with van der Waals surface area (Å²) < 4.78 is 36.0. The number of aromatic nitrogens is 2. The molecule has 0 atom stereocenters. The maximum Gasteiger partial charge on any atom is 0.387 e. The van der Waals surface area contributed by atoms with Crippen LogP contribution in [0.2, 0.25) is 0 Å². The number of nitrogens with zero attached hydrogens (tertiary/aromatic N) is 4. The first kappa shape index (κ1) is 18.7. The molecule has 8 nitrogen and oxygen atoms in total. The first-order valence-electron chi connectivity index (χ1n) is 7.03. The van der Waals surface area contributed by atoms with E-state index in [1.54, 1.807) is 23.1 Å². The molecule has 0 N–H and O–H groups in total. The highest BCUT2D eigenvalue weighted by molar-refractivity contribution is 8.16. The fourth-order valence-corrected chi connectivity index (χ4v) is 3.43. The molecule has 2 aliphatic heterocycles. The van der Waals surface area contributed by atoms with Gasteiger partial charge in [-0.2, -0.15) is 4.40 Å². The highest BCUT2D eigenvalue weighted by atomic mass is 35.7. The van der Waals surface area contributed by atoms with E-state index in [4.69, 9.17) is 18.6 Å². The van der Waals surface area contributed by atoms with Crippen LogP contribution in [0.25, 0.3) is 11.0 Å². The van der Waals surface area contributed by atoms with E-state index in [1.165, 1.54) is 0 Å². The van der Waals surface area contributed by atoms with E-state index in [0.717, 1.165) is 21.5 Å². The van der Waals surface area contributed by atoms with Gasteiger partial charge in [-0.25, -0.2) is 23.6 Å². The summed E-state index contributed by atoms with van der Waals surface area (Å²) in [4.78, 5) is 12.1. The first-order valence-corrected chi connectivity index (χ1v) is 10.0. The van der Waals surface area contributed by atoms with Crippen LogP contribution in [0, 0.1) is 10.2 Å². The molecule has 0 amide bonds. The molecular weight excluding hydrogens is 400 g/mol. The molecular formula is C15H11ClN4O4S2. The molecule has 0 saturated carbocycles. The molecule has 2 aliphatic rings. The molecule has 4 heterocycles. The molecule has 134 valence electrons. The molecule has 26 heavy (non-hydrogen) atoms. The zero-order valence-electron chi connectivity index (χ0n) is 13.0. The van der Waals surface area contributed by atoms with E-state index in [0.29, 0.717) is 0 Å². The van der Waals surface area contributed by atoms with Crippen LogP contribution < -0.4 is 23.0 Å². The van der Waals surface area contributed by atoms with Crippen LogP contribution in [-0.2, 0) is 0 Å². The van der Waals surface area contributed by atoms with Crippen LogP contribution in [0.3, 0.4) is 0 Å². The van der Waals surface area contributed by atoms with Crippen molar-refractivity contribution >= 4 is 39.3 Å². The minimum absolute atomic E-state index is 0.945. The third-order valence-corrected chi connectivity index (χ3v) is 4.57. The predicted octanol–water partition coefficient (Wildman–Crippen LogP) is -1.57. The van der Waals surface area contributed by atoms with E-state index in [1.807, 2.05) is 75.3 Å². The van der Waals surface area contributed by atoms with Crippen LogP contribution in [0.15, 0.2) is 70.6 Å². The molecule has 0 radical (unpaired) electrons. The summed E-state index contributed by atoms with van der Waals surface area (Å²) in [6.45, 7) is 0. The first-order chi connectivity index (χ1) is 12.4. The van der Waals surface area contributed by atoms with Gasteiger partial charge < -0.3 is 4.90 Å². The van der Waals surface area contributed by atoms with Gasteiger partial charge in [-0.3, -0.25) is 0 Å². The second kappa shape index (κ2) is 8.10. The second-order valence-corrected chi connectivity index (χ2v) is 7.30. The molecule has 0 aliphatic carbocycles. The maximum atomic E-state index is 8.49. The number of rotatable bonds is 2. The van der Waals surface area contributed by atoms with Gasteiger partial charge in [0.25, 0.3) is 0 Å². The Bertz CT molecular complexity index is 941. The molecule has 11 heteroatoms. The maximum absolute atomic E-state index is 8.49. The number of fused-ring (bicyclic) bond motifs is 2. The van der Waals surface area contributed by atoms with Crippen molar-refractivity contribution in [3.63, 3.8) is 0 Å². The lowest BCUT2D eigenvalue weighted by molar-refractivity contribution is -2.00. The molecule has 2 aromatic rings. The molecule has 0 unspecified atom stereocenters. The Morgan fingerprint density at radius 2 is 1.96 bits per heavy atom. The monoisotopic (exact) mass is 410 g/mol. The molecule has 0 bridgehead atoms. The topological polar surface area (TPSA) is 125 Å². The van der Waals surface area contributed by atoms with Gasteiger partial charge in [-0.15, -0.1) is 10.2 Å². The number of hydrogen-bond donors (Lipinski definition) is 0. The fraction of sp³-hybridized carbons (Fsp3) is 0. The lowest BCUT2D eigenvalue weighted by Crippen LogP contribution is -2.68. The third kappa shape index (κ3) is 5.47. The average molecular weight is 411 g/mol. The Kier molecular flexibility index (Phi) is 5.84. The van der Waals surface area contributed by atoms with Gasteiger partial charge in [0.2, 0.25) is 0 Å². The van der Waals surface area contributed by atoms with E-state index < -0.39 is 10.2 Å². The number of allylic oxidation sites excluding steroid dienone is 3. The lowest BCUT2D eigenvalue weighted by atomic mass is 10.3. The van der Waals surface area contributed by atoms with Crippen LogP contribution in [-0.4, -0.2) is 15.1 Å². The minimum Gasteiger partial charge on any atom is -0.302 e. The quantitative estimate of drug-likeness (QED) is 0.547. The van der Waals surface area contributed by atoms with Crippen molar-refractivity contribution in [1.29, 1.82) is 0 Å². The smallest absolute Gasteiger partial charge is 0.302 e. The average Bonchev–Trinajstić information content (AvgIpc) is 3.21. The summed E-state index contributed by atoms with van der Waals surface area (Å²) in [6, 6.07) is 2.00. The molecule has 2 aromatic heterocycles. The van der Waals surface area contributed by atoms with Gasteiger partial charge in [-0.1, -0.05) is 29.2 Å². The van der Waals surface area contributed by atoms with Crippen molar-refractivity contribution in [1.82, 2.24) is 9.88 Å². The normalized spacial score (nSPS) is 17.6. The molecule has 4 rings (SSSR count). The van der Waals surface area contributed by atoms with Gasteiger partial charge >= 0.3 is 4.96 Å². The number of halogens is 1. The van der Waals surface area contributed by atoms with Crippen molar-refractivity contribution in [2.75, 3.05) is 0 Å². The highest BCUT2D eigenvalue weighted by Crippen LogP contribution is 2.25. The van der Waals surface area contributed by atoms with Crippen LogP contribution >= 0.6 is 23.1 Å². The number of aliphatic imine (C=N–C) groups is 1. The van der Waals surface area contributed by atoms with E-state index in [-0.39, 0.29) is 0 Å². The molecule has 0 aromatic carbocycles. The van der Waals surface area contributed by atoms with E-state index in [2.05, 4.69) is 9.98 Å². The second-order valence-electron chi connectivity index (χ2n) is 4.79. The van der Waals surface area contributed by atoms with Gasteiger partial charge in [0.05, 0.1) is 5.70 Å². The predicted molar refractivity (Wildman–Crippen MR) is 87.5 cm³/mol. The van der Waals surface area contributed by atoms with Crippen LogP contribution in [0.5, 0.6) is 0 Å². The summed E-state index contributed by atoms with van der Waals surface area (Å²) in [7, 11) is -4.94. The summed E-state index contributed by atoms with van der Waals surface area (Å²) in [6.07, 6.45) is 16.0. The Labute approximate surface area is 158 Å². The summed E-state index contributed by atoms with van der Waals surface area (Å²) >= 11 is 3.26. The largest absolute Gasteiger partial charge is 0.387 e.